The van der Waals surface area contributed by atoms with Crippen molar-refractivity contribution in [3.05, 3.63) is 34.9 Å². The molecule has 0 aromatic heterocycles. The highest BCUT2D eigenvalue weighted by molar-refractivity contribution is 5.86. The van der Waals surface area contributed by atoms with E-state index in [9.17, 15) is 0 Å². The molecule has 0 saturated carbocycles. The molecule has 2 rings (SSSR count). The summed E-state index contributed by atoms with van der Waals surface area (Å²) in [6, 6.07) is 6.28. The molecule has 0 bridgehead atoms. The molecule has 0 unspecified atom stereocenters. The van der Waals surface area contributed by atoms with Gasteiger partial charge in [-0.3, -0.25) is 0 Å². The Hall–Kier alpha value is -1.48. The van der Waals surface area contributed by atoms with Gasteiger partial charge in [-0.1, -0.05) is 24.1 Å². The van der Waals surface area contributed by atoms with Crippen molar-refractivity contribution in [3.63, 3.8) is 0 Å². The van der Waals surface area contributed by atoms with Gasteiger partial charge in [0.25, 0.3) is 0 Å². The third kappa shape index (κ3) is 0.951. The average molecular weight is 140 g/mol. The summed E-state index contributed by atoms with van der Waals surface area (Å²) in [5, 5.41) is 0. The quantitative estimate of drug-likeness (QED) is 0.493. The van der Waals surface area contributed by atoms with E-state index >= 15 is 0 Å². The van der Waals surface area contributed by atoms with Crippen LogP contribution in [0, 0.1) is 11.8 Å². The van der Waals surface area contributed by atoms with Crippen LogP contribution in [-0.4, -0.2) is 0 Å². The smallest absolute Gasteiger partial charge is 0.0251 e. The first-order valence-electron chi connectivity index (χ1n) is 3.65. The van der Waals surface area contributed by atoms with Gasteiger partial charge in [0.15, 0.2) is 0 Å². The van der Waals surface area contributed by atoms with Crippen molar-refractivity contribution in [1.29, 1.82) is 0 Å². The van der Waals surface area contributed by atoms with Crippen molar-refractivity contribution < 1.29 is 0 Å². The van der Waals surface area contributed by atoms with Gasteiger partial charge in [0.05, 0.1) is 0 Å². The monoisotopic (exact) mass is 140 g/mol. The van der Waals surface area contributed by atoms with Crippen molar-refractivity contribution in [3.8, 4) is 11.8 Å². The molecule has 0 nitrogen and oxygen atoms in total. The maximum absolute atomic E-state index is 3.03. The Labute approximate surface area is 66.6 Å². The number of benzene rings is 1. The van der Waals surface area contributed by atoms with Crippen LogP contribution in [0.25, 0.3) is 12.2 Å². The third-order valence-corrected chi connectivity index (χ3v) is 1.80. The van der Waals surface area contributed by atoms with Gasteiger partial charge in [-0.15, -0.1) is 5.92 Å². The molecule has 1 aliphatic rings. The lowest BCUT2D eigenvalue weighted by Crippen LogP contribution is -1.89. The summed E-state index contributed by atoms with van der Waals surface area (Å²) in [6.07, 6.45) is 4.22. The third-order valence-electron chi connectivity index (χ3n) is 1.80. The van der Waals surface area contributed by atoms with E-state index in [1.165, 1.54) is 11.1 Å². The van der Waals surface area contributed by atoms with E-state index in [1.807, 2.05) is 6.92 Å². The molecule has 0 saturated heterocycles. The first kappa shape index (κ1) is 6.24. The van der Waals surface area contributed by atoms with Crippen LogP contribution in [-0.2, 0) is 0 Å². The van der Waals surface area contributed by atoms with E-state index in [0.29, 0.717) is 0 Å². The van der Waals surface area contributed by atoms with Gasteiger partial charge in [0.2, 0.25) is 0 Å². The molecule has 0 radical (unpaired) electrons. The van der Waals surface area contributed by atoms with Crippen molar-refractivity contribution in [2.24, 2.45) is 0 Å². The van der Waals surface area contributed by atoms with Gasteiger partial charge in [0, 0.05) is 5.56 Å². The van der Waals surface area contributed by atoms with E-state index < -0.39 is 0 Å². The van der Waals surface area contributed by atoms with Crippen molar-refractivity contribution >= 4 is 12.2 Å². The van der Waals surface area contributed by atoms with Crippen LogP contribution in [0.15, 0.2) is 18.2 Å². The van der Waals surface area contributed by atoms with E-state index in [4.69, 9.17) is 0 Å². The van der Waals surface area contributed by atoms with Gasteiger partial charge < -0.3 is 0 Å². The largest absolute Gasteiger partial charge is 0.101 e. The summed E-state index contributed by atoms with van der Waals surface area (Å²) in [5.74, 6) is 5.91. The SMILES string of the molecule is CC#Cc1ccc2c(c1)C=C2. The zero-order valence-electron chi connectivity index (χ0n) is 6.39. The van der Waals surface area contributed by atoms with E-state index in [1.54, 1.807) is 0 Å². The highest BCUT2D eigenvalue weighted by atomic mass is 14.1. The summed E-state index contributed by atoms with van der Waals surface area (Å²) in [6.45, 7) is 1.86. The minimum atomic E-state index is 1.11. The molecule has 0 heterocycles. The molecular formula is C11H8. The van der Waals surface area contributed by atoms with E-state index in [0.717, 1.165) is 5.56 Å². The second kappa shape index (κ2) is 2.29. The molecule has 11 heavy (non-hydrogen) atoms. The van der Waals surface area contributed by atoms with Crippen molar-refractivity contribution in [1.82, 2.24) is 0 Å². The lowest BCUT2D eigenvalue weighted by atomic mass is 9.96. The number of rotatable bonds is 0. The second-order valence-corrected chi connectivity index (χ2v) is 2.55. The Morgan fingerprint density at radius 3 is 2.45 bits per heavy atom. The van der Waals surface area contributed by atoms with Crippen LogP contribution in [0.1, 0.15) is 23.6 Å². The molecule has 0 N–H and O–H groups in total. The predicted octanol–water partition coefficient (Wildman–Crippen LogP) is 2.54. The maximum Gasteiger partial charge on any atom is 0.0251 e. The summed E-state index contributed by atoms with van der Waals surface area (Å²) >= 11 is 0. The zero-order valence-corrected chi connectivity index (χ0v) is 6.39. The minimum Gasteiger partial charge on any atom is -0.101 e. The van der Waals surface area contributed by atoms with Crippen molar-refractivity contribution in [2.75, 3.05) is 0 Å². The van der Waals surface area contributed by atoms with Gasteiger partial charge >= 0.3 is 0 Å². The Morgan fingerprint density at radius 2 is 1.91 bits per heavy atom. The Kier molecular flexibility index (Phi) is 1.30. The van der Waals surface area contributed by atoms with E-state index in [2.05, 4.69) is 42.2 Å². The number of hydrogen-bond acceptors (Lipinski definition) is 0. The van der Waals surface area contributed by atoms with E-state index in [-0.39, 0.29) is 0 Å². The molecule has 0 atom stereocenters. The van der Waals surface area contributed by atoms with Gasteiger partial charge in [-0.05, 0) is 30.2 Å². The Balaban J connectivity index is 2.47. The average Bonchev–Trinajstić information content (AvgIpc) is 1.96. The van der Waals surface area contributed by atoms with Crippen molar-refractivity contribution in [2.45, 2.75) is 6.92 Å². The zero-order chi connectivity index (χ0) is 7.68. The second-order valence-electron chi connectivity index (χ2n) is 2.55. The lowest BCUT2D eigenvalue weighted by Gasteiger charge is -2.08. The van der Waals surface area contributed by atoms with Crippen LogP contribution < -0.4 is 0 Å². The number of fused-ring (bicyclic) bond motifs is 1. The summed E-state index contributed by atoms with van der Waals surface area (Å²) in [7, 11) is 0. The Morgan fingerprint density at radius 1 is 1.09 bits per heavy atom. The first-order valence-corrected chi connectivity index (χ1v) is 3.65. The Bertz CT molecular complexity index is 373. The molecule has 0 aliphatic heterocycles. The topological polar surface area (TPSA) is 0 Å². The van der Waals surface area contributed by atoms with Crippen LogP contribution in [0.5, 0.6) is 0 Å². The summed E-state index contributed by atoms with van der Waals surface area (Å²) in [4.78, 5) is 0. The summed E-state index contributed by atoms with van der Waals surface area (Å²) in [5.41, 5.74) is 3.74. The molecule has 1 aliphatic carbocycles. The van der Waals surface area contributed by atoms with Gasteiger partial charge in [-0.2, -0.15) is 0 Å². The highest BCUT2D eigenvalue weighted by Gasteiger charge is 2.03. The molecule has 52 valence electrons. The van der Waals surface area contributed by atoms with Gasteiger partial charge in [-0.25, -0.2) is 0 Å². The molecule has 0 amide bonds. The maximum atomic E-state index is 3.03. The molecule has 1 aromatic carbocycles. The number of hydrogen-bond donors (Lipinski definition) is 0. The van der Waals surface area contributed by atoms with Crippen LogP contribution in [0.2, 0.25) is 0 Å². The lowest BCUT2D eigenvalue weighted by molar-refractivity contribution is 1.54. The van der Waals surface area contributed by atoms with Crippen LogP contribution in [0.4, 0.5) is 0 Å². The fourth-order valence-electron chi connectivity index (χ4n) is 1.18. The molecular weight excluding hydrogens is 132 g/mol. The molecule has 0 heteroatoms. The predicted molar refractivity (Wildman–Crippen MR) is 47.9 cm³/mol. The minimum absolute atomic E-state index is 1.11. The normalized spacial score (nSPS) is 11.0. The summed E-state index contributed by atoms with van der Waals surface area (Å²) < 4.78 is 0. The van der Waals surface area contributed by atoms with Crippen LogP contribution in [0.3, 0.4) is 0 Å². The molecule has 0 spiro atoms. The standard InChI is InChI=1S/C11H8/c1-2-3-9-4-5-10-6-7-11(10)8-9/h4-8H,1H3. The van der Waals surface area contributed by atoms with Crippen LogP contribution >= 0.6 is 0 Å². The molecule has 1 aromatic rings. The highest BCUT2D eigenvalue weighted by Crippen LogP contribution is 2.23. The molecule has 0 fully saturated rings. The first-order chi connectivity index (χ1) is 5.40. The fraction of sp³-hybridized carbons (Fsp3) is 0.0909. The fourth-order valence-corrected chi connectivity index (χ4v) is 1.18. The van der Waals surface area contributed by atoms with Gasteiger partial charge in [0.1, 0.15) is 0 Å².